The summed E-state index contributed by atoms with van der Waals surface area (Å²) in [5.74, 6) is 0.591. The molecule has 0 spiro atoms. The highest BCUT2D eigenvalue weighted by Gasteiger charge is 2.08. The van der Waals surface area contributed by atoms with Gasteiger partial charge in [0, 0.05) is 11.1 Å². The first kappa shape index (κ1) is 20.0. The standard InChI is InChI=1S/C20H23N3O4/c1-3-26-17-11-9-15(10-12-17)20(25)21-14-19(24)23-22-13-16-7-5-6-8-18(16)27-4-2/h5-13H,3-4,14H2,1-2H3,(H,21,25)(H,23,24)/b22-13-. The third-order valence-electron chi connectivity index (χ3n) is 3.45. The molecule has 2 rings (SSSR count). The van der Waals surface area contributed by atoms with Gasteiger partial charge in [-0.2, -0.15) is 5.10 Å². The summed E-state index contributed by atoms with van der Waals surface area (Å²) in [4.78, 5) is 23.9. The molecule has 0 aromatic heterocycles. The van der Waals surface area contributed by atoms with Gasteiger partial charge in [0.25, 0.3) is 11.8 Å². The summed E-state index contributed by atoms with van der Waals surface area (Å²) in [5.41, 5.74) is 3.57. The van der Waals surface area contributed by atoms with E-state index in [0.29, 0.717) is 30.3 Å². The largest absolute Gasteiger partial charge is 0.494 e. The molecule has 0 radical (unpaired) electrons. The summed E-state index contributed by atoms with van der Waals surface area (Å²) in [6.07, 6.45) is 1.50. The summed E-state index contributed by atoms with van der Waals surface area (Å²) in [6, 6.07) is 14.1. The zero-order chi connectivity index (χ0) is 19.5. The number of carbonyl (C=O) groups is 2. The SMILES string of the molecule is CCOc1ccc(C(=O)NCC(=O)N/N=C\c2ccccc2OCC)cc1. The molecule has 2 amide bonds. The molecule has 27 heavy (non-hydrogen) atoms. The molecule has 0 heterocycles. The van der Waals surface area contributed by atoms with Gasteiger partial charge in [-0.05, 0) is 50.2 Å². The van der Waals surface area contributed by atoms with Crippen molar-refractivity contribution in [2.75, 3.05) is 19.8 Å². The number of para-hydroxylation sites is 1. The van der Waals surface area contributed by atoms with Crippen molar-refractivity contribution in [3.63, 3.8) is 0 Å². The van der Waals surface area contributed by atoms with Crippen molar-refractivity contribution in [2.24, 2.45) is 5.10 Å². The maximum absolute atomic E-state index is 12.0. The van der Waals surface area contributed by atoms with Gasteiger partial charge < -0.3 is 14.8 Å². The molecule has 2 aromatic carbocycles. The quantitative estimate of drug-likeness (QED) is 0.525. The average molecular weight is 369 g/mol. The van der Waals surface area contributed by atoms with Crippen LogP contribution >= 0.6 is 0 Å². The molecule has 2 aromatic rings. The van der Waals surface area contributed by atoms with Crippen LogP contribution in [0.25, 0.3) is 0 Å². The normalized spacial score (nSPS) is 10.4. The van der Waals surface area contributed by atoms with E-state index in [-0.39, 0.29) is 12.5 Å². The Morgan fingerprint density at radius 2 is 1.70 bits per heavy atom. The molecule has 0 aliphatic heterocycles. The average Bonchev–Trinajstić information content (AvgIpc) is 2.68. The zero-order valence-corrected chi connectivity index (χ0v) is 15.4. The molecule has 7 nitrogen and oxygen atoms in total. The Hall–Kier alpha value is -3.35. The van der Waals surface area contributed by atoms with E-state index < -0.39 is 5.91 Å². The van der Waals surface area contributed by atoms with Gasteiger partial charge in [0.1, 0.15) is 11.5 Å². The Balaban J connectivity index is 1.81. The van der Waals surface area contributed by atoms with Crippen molar-refractivity contribution < 1.29 is 19.1 Å². The van der Waals surface area contributed by atoms with Crippen molar-refractivity contribution in [3.8, 4) is 11.5 Å². The second-order valence-corrected chi connectivity index (χ2v) is 5.40. The fourth-order valence-electron chi connectivity index (χ4n) is 2.22. The number of benzene rings is 2. The molecular formula is C20H23N3O4. The van der Waals surface area contributed by atoms with Crippen molar-refractivity contribution >= 4 is 18.0 Å². The van der Waals surface area contributed by atoms with Crippen LogP contribution in [0.5, 0.6) is 11.5 Å². The van der Waals surface area contributed by atoms with Crippen LogP contribution in [0.15, 0.2) is 53.6 Å². The van der Waals surface area contributed by atoms with Crippen LogP contribution in [0.2, 0.25) is 0 Å². The van der Waals surface area contributed by atoms with Gasteiger partial charge in [0.05, 0.1) is 26.0 Å². The van der Waals surface area contributed by atoms with E-state index in [1.807, 2.05) is 38.1 Å². The second kappa shape index (κ2) is 10.6. The first-order valence-corrected chi connectivity index (χ1v) is 8.68. The minimum atomic E-state index is -0.431. The number of hydrogen-bond donors (Lipinski definition) is 2. The molecule has 0 fully saturated rings. The van der Waals surface area contributed by atoms with Crippen LogP contribution in [0, 0.1) is 0 Å². The summed E-state index contributed by atoms with van der Waals surface area (Å²) < 4.78 is 10.8. The van der Waals surface area contributed by atoms with Crippen molar-refractivity contribution in [3.05, 3.63) is 59.7 Å². The fraction of sp³-hybridized carbons (Fsp3) is 0.250. The molecule has 0 aliphatic rings. The van der Waals surface area contributed by atoms with Crippen LogP contribution in [0.4, 0.5) is 0 Å². The number of rotatable bonds is 9. The highest BCUT2D eigenvalue weighted by atomic mass is 16.5. The number of nitrogens with zero attached hydrogens (tertiary/aromatic N) is 1. The predicted molar refractivity (Wildman–Crippen MR) is 103 cm³/mol. The summed E-state index contributed by atoms with van der Waals surface area (Å²) >= 11 is 0. The zero-order valence-electron chi connectivity index (χ0n) is 15.4. The second-order valence-electron chi connectivity index (χ2n) is 5.40. The number of hydrogen-bond acceptors (Lipinski definition) is 5. The minimum Gasteiger partial charge on any atom is -0.494 e. The van der Waals surface area contributed by atoms with E-state index in [1.165, 1.54) is 6.21 Å². The molecule has 7 heteroatoms. The predicted octanol–water partition coefficient (Wildman–Crippen LogP) is 2.36. The maximum atomic E-state index is 12.0. The van der Waals surface area contributed by atoms with Crippen LogP contribution in [0.1, 0.15) is 29.8 Å². The smallest absolute Gasteiger partial charge is 0.259 e. The highest BCUT2D eigenvalue weighted by molar-refractivity contribution is 5.96. The molecule has 0 bridgehead atoms. The topological polar surface area (TPSA) is 89.0 Å². The third-order valence-corrected chi connectivity index (χ3v) is 3.45. The monoisotopic (exact) mass is 369 g/mol. The highest BCUT2D eigenvalue weighted by Crippen LogP contribution is 2.15. The number of nitrogens with one attached hydrogen (secondary N) is 2. The van der Waals surface area contributed by atoms with Gasteiger partial charge in [-0.15, -0.1) is 0 Å². The molecule has 0 aliphatic carbocycles. The van der Waals surface area contributed by atoms with Gasteiger partial charge in [-0.3, -0.25) is 9.59 Å². The van der Waals surface area contributed by atoms with Gasteiger partial charge >= 0.3 is 0 Å². The number of carbonyl (C=O) groups excluding carboxylic acids is 2. The molecular weight excluding hydrogens is 346 g/mol. The lowest BCUT2D eigenvalue weighted by Gasteiger charge is -2.07. The lowest BCUT2D eigenvalue weighted by atomic mass is 10.2. The third kappa shape index (κ3) is 6.47. The Bertz CT molecular complexity index is 788. The summed E-state index contributed by atoms with van der Waals surface area (Å²) in [7, 11) is 0. The molecule has 0 atom stereocenters. The number of amides is 2. The summed E-state index contributed by atoms with van der Waals surface area (Å²) in [6.45, 7) is 4.69. The van der Waals surface area contributed by atoms with Crippen LogP contribution in [-0.2, 0) is 4.79 Å². The number of hydrazone groups is 1. The Morgan fingerprint density at radius 3 is 2.41 bits per heavy atom. The lowest BCUT2D eigenvalue weighted by Crippen LogP contribution is -2.34. The Labute approximate surface area is 158 Å². The maximum Gasteiger partial charge on any atom is 0.259 e. The first-order chi connectivity index (χ1) is 13.1. The van der Waals surface area contributed by atoms with Crippen LogP contribution < -0.4 is 20.2 Å². The molecule has 0 saturated carbocycles. The lowest BCUT2D eigenvalue weighted by molar-refractivity contribution is -0.120. The van der Waals surface area contributed by atoms with Crippen LogP contribution in [0.3, 0.4) is 0 Å². The van der Waals surface area contributed by atoms with Crippen molar-refractivity contribution in [1.82, 2.24) is 10.7 Å². The van der Waals surface area contributed by atoms with Crippen LogP contribution in [-0.4, -0.2) is 37.8 Å². The van der Waals surface area contributed by atoms with E-state index in [4.69, 9.17) is 9.47 Å². The molecule has 0 saturated heterocycles. The Morgan fingerprint density at radius 1 is 1.00 bits per heavy atom. The first-order valence-electron chi connectivity index (χ1n) is 8.68. The minimum absolute atomic E-state index is 0.184. The van der Waals surface area contributed by atoms with Gasteiger partial charge in [0.15, 0.2) is 0 Å². The fourth-order valence-corrected chi connectivity index (χ4v) is 2.22. The van der Waals surface area contributed by atoms with Crippen molar-refractivity contribution in [1.29, 1.82) is 0 Å². The summed E-state index contributed by atoms with van der Waals surface area (Å²) in [5, 5.41) is 6.43. The van der Waals surface area contributed by atoms with Crippen molar-refractivity contribution in [2.45, 2.75) is 13.8 Å². The Kier molecular flexibility index (Phi) is 7.84. The molecule has 2 N–H and O–H groups in total. The van der Waals surface area contributed by atoms with Gasteiger partial charge in [0.2, 0.25) is 0 Å². The van der Waals surface area contributed by atoms with E-state index in [0.717, 1.165) is 5.56 Å². The van der Waals surface area contributed by atoms with E-state index in [1.54, 1.807) is 24.3 Å². The molecule has 0 unspecified atom stereocenters. The molecule has 142 valence electrons. The van der Waals surface area contributed by atoms with Gasteiger partial charge in [-0.1, -0.05) is 12.1 Å². The van der Waals surface area contributed by atoms with E-state index in [9.17, 15) is 9.59 Å². The van der Waals surface area contributed by atoms with E-state index >= 15 is 0 Å². The van der Waals surface area contributed by atoms with Gasteiger partial charge in [-0.25, -0.2) is 5.43 Å². The number of ether oxygens (including phenoxy) is 2. The van der Waals surface area contributed by atoms with E-state index in [2.05, 4.69) is 15.8 Å².